The average Bonchev–Trinajstić information content (AvgIpc) is 3.42. The van der Waals surface area contributed by atoms with Gasteiger partial charge in [0.05, 0.1) is 24.3 Å². The largest absolute Gasteiger partial charge is 0.326 e. The molecule has 2 aromatic rings. The Labute approximate surface area is 186 Å². The molecule has 3 aliphatic rings. The molecule has 31 heavy (non-hydrogen) atoms. The molecule has 3 amide bonds. The molecule has 5 atom stereocenters. The van der Waals surface area contributed by atoms with Crippen LogP contribution >= 0.6 is 11.6 Å². The van der Waals surface area contributed by atoms with Gasteiger partial charge in [-0.25, -0.2) is 0 Å². The number of allylic oxidation sites excluding steroid dienone is 2. The maximum absolute atomic E-state index is 13.4. The normalized spacial score (nSPS) is 27.0. The van der Waals surface area contributed by atoms with E-state index < -0.39 is 6.04 Å². The third-order valence-electron chi connectivity index (χ3n) is 6.76. The first-order valence-electron chi connectivity index (χ1n) is 10.6. The number of likely N-dealkylation sites (tertiary alicyclic amines) is 1. The average molecular weight is 435 g/mol. The highest BCUT2D eigenvalue weighted by Gasteiger charge is 2.60. The van der Waals surface area contributed by atoms with E-state index >= 15 is 0 Å². The fourth-order valence-electron chi connectivity index (χ4n) is 5.33. The summed E-state index contributed by atoms with van der Waals surface area (Å²) < 4.78 is 0. The number of hydrogen-bond acceptors (Lipinski definition) is 3. The van der Waals surface area contributed by atoms with Crippen molar-refractivity contribution in [3.63, 3.8) is 0 Å². The molecule has 5 nitrogen and oxygen atoms in total. The zero-order chi connectivity index (χ0) is 21.7. The Kier molecular flexibility index (Phi) is 4.94. The maximum Gasteiger partial charge on any atom is 0.234 e. The van der Waals surface area contributed by atoms with Crippen LogP contribution in [0.15, 0.2) is 60.7 Å². The molecule has 2 aliphatic carbocycles. The summed E-state index contributed by atoms with van der Waals surface area (Å²) >= 11 is 6.20. The van der Waals surface area contributed by atoms with Crippen LogP contribution in [0.1, 0.15) is 30.0 Å². The van der Waals surface area contributed by atoms with Gasteiger partial charge in [-0.15, -0.1) is 0 Å². The molecule has 5 rings (SSSR count). The first-order valence-corrected chi connectivity index (χ1v) is 11.0. The number of halogens is 1. The van der Waals surface area contributed by atoms with Crippen molar-refractivity contribution >= 4 is 35.0 Å². The molecule has 1 heterocycles. The summed E-state index contributed by atoms with van der Waals surface area (Å²) in [6, 6.07) is 13.9. The Bertz CT molecular complexity index is 1060. The summed E-state index contributed by atoms with van der Waals surface area (Å²) in [6.07, 6.45) is 4.99. The van der Waals surface area contributed by atoms with Gasteiger partial charge in [0.15, 0.2) is 0 Å². The minimum absolute atomic E-state index is 0.0199. The van der Waals surface area contributed by atoms with Crippen molar-refractivity contribution in [1.29, 1.82) is 0 Å². The van der Waals surface area contributed by atoms with Crippen molar-refractivity contribution in [3.8, 4) is 0 Å². The van der Waals surface area contributed by atoms with Gasteiger partial charge in [-0.2, -0.15) is 0 Å². The molecule has 6 heteroatoms. The van der Waals surface area contributed by atoms with Crippen LogP contribution in [0.25, 0.3) is 0 Å². The van der Waals surface area contributed by atoms with Crippen LogP contribution in [0.2, 0.25) is 5.02 Å². The summed E-state index contributed by atoms with van der Waals surface area (Å²) in [5.74, 6) is -0.947. The van der Waals surface area contributed by atoms with Gasteiger partial charge in [0.25, 0.3) is 0 Å². The molecule has 1 aliphatic heterocycles. The van der Waals surface area contributed by atoms with E-state index in [4.69, 9.17) is 11.6 Å². The summed E-state index contributed by atoms with van der Waals surface area (Å²) in [6.45, 7) is 1.98. The van der Waals surface area contributed by atoms with Crippen LogP contribution in [0.4, 0.5) is 5.69 Å². The molecule has 0 radical (unpaired) electrons. The number of anilines is 1. The molecule has 2 aromatic carbocycles. The summed E-state index contributed by atoms with van der Waals surface area (Å²) in [7, 11) is 0. The van der Waals surface area contributed by atoms with Crippen molar-refractivity contribution in [2.24, 2.45) is 23.7 Å². The highest BCUT2D eigenvalue weighted by atomic mass is 35.5. The Hall–Kier alpha value is -2.92. The van der Waals surface area contributed by atoms with E-state index in [0.29, 0.717) is 16.3 Å². The topological polar surface area (TPSA) is 66.5 Å². The molecule has 1 saturated heterocycles. The predicted octanol–water partition coefficient (Wildman–Crippen LogP) is 4.53. The first-order chi connectivity index (χ1) is 14.9. The Balaban J connectivity index is 1.44. The van der Waals surface area contributed by atoms with Crippen LogP contribution in [0, 0.1) is 30.6 Å². The minimum atomic E-state index is -0.686. The zero-order valence-electron chi connectivity index (χ0n) is 17.1. The Morgan fingerprint density at radius 3 is 2.32 bits per heavy atom. The lowest BCUT2D eigenvalue weighted by Gasteiger charge is -2.28. The molecule has 2 fully saturated rings. The summed E-state index contributed by atoms with van der Waals surface area (Å²) in [4.78, 5) is 41.0. The predicted molar refractivity (Wildman–Crippen MR) is 118 cm³/mol. The lowest BCUT2D eigenvalue weighted by atomic mass is 9.85. The van der Waals surface area contributed by atoms with E-state index in [1.165, 1.54) is 4.90 Å². The third-order valence-corrected chi connectivity index (χ3v) is 7.00. The van der Waals surface area contributed by atoms with Crippen molar-refractivity contribution in [2.45, 2.75) is 25.8 Å². The molecular formula is C25H23ClN2O3. The first kappa shape index (κ1) is 20.0. The monoisotopic (exact) mass is 434 g/mol. The van der Waals surface area contributed by atoms with E-state index in [1.807, 2.05) is 37.3 Å². The van der Waals surface area contributed by atoms with Gasteiger partial charge in [0, 0.05) is 10.7 Å². The number of nitrogens with one attached hydrogen (secondary N) is 1. The van der Waals surface area contributed by atoms with Gasteiger partial charge in [0.2, 0.25) is 17.7 Å². The third kappa shape index (κ3) is 3.47. The smallest absolute Gasteiger partial charge is 0.234 e. The molecule has 1 saturated carbocycles. The summed E-state index contributed by atoms with van der Waals surface area (Å²) in [5.41, 5.74) is 2.46. The highest BCUT2D eigenvalue weighted by molar-refractivity contribution is 6.30. The maximum atomic E-state index is 13.4. The van der Waals surface area contributed by atoms with E-state index in [-0.39, 0.29) is 47.8 Å². The second-order valence-corrected chi connectivity index (χ2v) is 9.17. The molecule has 2 bridgehead atoms. The number of benzene rings is 2. The van der Waals surface area contributed by atoms with E-state index in [1.54, 1.807) is 18.2 Å². The number of imide groups is 1. The second kappa shape index (κ2) is 7.65. The van der Waals surface area contributed by atoms with Gasteiger partial charge in [-0.05, 0) is 55.0 Å². The van der Waals surface area contributed by atoms with Crippen molar-refractivity contribution in [2.75, 3.05) is 5.32 Å². The quantitative estimate of drug-likeness (QED) is 0.555. The van der Waals surface area contributed by atoms with E-state index in [0.717, 1.165) is 12.0 Å². The van der Waals surface area contributed by atoms with Crippen molar-refractivity contribution in [1.82, 2.24) is 4.90 Å². The SMILES string of the molecule is Cc1ccc(NC(=O)CC(c2cccc(Cl)c2)N2C(=O)C3C4C=CC(C4)C3C2=O)cc1. The molecular weight excluding hydrogens is 412 g/mol. The molecule has 1 N–H and O–H groups in total. The molecule has 158 valence electrons. The fraction of sp³-hybridized carbons (Fsp3) is 0.320. The Morgan fingerprint density at radius 2 is 1.71 bits per heavy atom. The van der Waals surface area contributed by atoms with Gasteiger partial charge >= 0.3 is 0 Å². The number of nitrogens with zero attached hydrogens (tertiary/aromatic N) is 1. The molecule has 5 unspecified atom stereocenters. The number of carbonyl (C=O) groups excluding carboxylic acids is 3. The fourth-order valence-corrected chi connectivity index (χ4v) is 5.53. The van der Waals surface area contributed by atoms with Gasteiger partial charge in [-0.3, -0.25) is 19.3 Å². The summed E-state index contributed by atoms with van der Waals surface area (Å²) in [5, 5.41) is 3.39. The standard InChI is InChI=1S/C25H23ClN2O3/c1-14-5-9-19(10-6-14)27-21(29)13-20(15-3-2-4-18(26)12-15)28-24(30)22-16-7-8-17(11-16)23(22)25(28)31/h2-10,12,16-17,20,22-23H,11,13H2,1H3,(H,27,29). The number of rotatable bonds is 5. The number of hydrogen-bond donors (Lipinski definition) is 1. The van der Waals surface area contributed by atoms with Crippen LogP contribution in [0.5, 0.6) is 0 Å². The van der Waals surface area contributed by atoms with Gasteiger partial charge in [-0.1, -0.05) is 53.6 Å². The number of aryl methyl sites for hydroxylation is 1. The number of fused-ring (bicyclic) bond motifs is 5. The Morgan fingerprint density at radius 1 is 1.06 bits per heavy atom. The highest BCUT2D eigenvalue weighted by Crippen LogP contribution is 2.54. The van der Waals surface area contributed by atoms with Gasteiger partial charge < -0.3 is 5.32 Å². The number of carbonyl (C=O) groups is 3. The van der Waals surface area contributed by atoms with E-state index in [9.17, 15) is 14.4 Å². The van der Waals surface area contributed by atoms with Crippen LogP contribution in [0.3, 0.4) is 0 Å². The van der Waals surface area contributed by atoms with Crippen LogP contribution in [-0.4, -0.2) is 22.6 Å². The van der Waals surface area contributed by atoms with Crippen LogP contribution in [-0.2, 0) is 14.4 Å². The zero-order valence-corrected chi connectivity index (χ0v) is 17.9. The van der Waals surface area contributed by atoms with Crippen molar-refractivity contribution < 1.29 is 14.4 Å². The number of amides is 3. The van der Waals surface area contributed by atoms with Crippen molar-refractivity contribution in [3.05, 3.63) is 76.8 Å². The van der Waals surface area contributed by atoms with E-state index in [2.05, 4.69) is 17.5 Å². The van der Waals surface area contributed by atoms with Crippen LogP contribution < -0.4 is 5.32 Å². The second-order valence-electron chi connectivity index (χ2n) is 8.74. The minimum Gasteiger partial charge on any atom is -0.326 e. The van der Waals surface area contributed by atoms with Gasteiger partial charge in [0.1, 0.15) is 0 Å². The lowest BCUT2D eigenvalue weighted by molar-refractivity contribution is -0.144. The lowest BCUT2D eigenvalue weighted by Crippen LogP contribution is -2.38. The molecule has 0 aromatic heterocycles. The molecule has 0 spiro atoms.